The number of rotatable bonds is 8. The Balaban J connectivity index is 2.02. The van der Waals surface area contributed by atoms with Gasteiger partial charge in [-0.2, -0.15) is 0 Å². The van der Waals surface area contributed by atoms with Gasteiger partial charge in [-0.3, -0.25) is 0 Å². The Morgan fingerprint density at radius 1 is 1.04 bits per heavy atom. The summed E-state index contributed by atoms with van der Waals surface area (Å²) in [5.41, 5.74) is 2.41. The molecule has 138 valence electrons. The van der Waals surface area contributed by atoms with E-state index in [4.69, 9.17) is 9.72 Å². The highest BCUT2D eigenvalue weighted by Gasteiger charge is 2.17. The van der Waals surface area contributed by atoms with E-state index in [-0.39, 0.29) is 0 Å². The van der Waals surface area contributed by atoms with Crippen LogP contribution in [-0.4, -0.2) is 23.1 Å². The number of fused-ring (bicyclic) bond motifs is 1. The Kier molecular flexibility index (Phi) is 6.09. The van der Waals surface area contributed by atoms with Crippen molar-refractivity contribution in [3.63, 3.8) is 0 Å². The predicted octanol–water partition coefficient (Wildman–Crippen LogP) is 5.98. The fourth-order valence-electron chi connectivity index (χ4n) is 3.16. The molecule has 0 fully saturated rings. The van der Waals surface area contributed by atoms with E-state index in [1.54, 1.807) is 11.3 Å². The van der Waals surface area contributed by atoms with Gasteiger partial charge in [-0.15, -0.1) is 11.3 Å². The van der Waals surface area contributed by atoms with Crippen LogP contribution in [0.25, 0.3) is 21.3 Å². The third-order valence-electron chi connectivity index (χ3n) is 4.37. The lowest BCUT2D eigenvalue weighted by Crippen LogP contribution is -2.05. The van der Waals surface area contributed by atoms with E-state index in [1.165, 1.54) is 28.8 Å². The molecule has 0 aliphatic rings. The average molecular weight is 370 g/mol. The van der Waals surface area contributed by atoms with Crippen molar-refractivity contribution in [3.05, 3.63) is 35.0 Å². The Hall–Kier alpha value is -2.14. The van der Waals surface area contributed by atoms with E-state index in [0.717, 1.165) is 40.6 Å². The Morgan fingerprint density at radius 2 is 1.81 bits per heavy atom. The molecular weight excluding hydrogens is 342 g/mol. The van der Waals surface area contributed by atoms with Crippen molar-refractivity contribution in [2.75, 3.05) is 18.5 Å². The second-order valence-electron chi connectivity index (χ2n) is 6.42. The Morgan fingerprint density at radius 3 is 2.50 bits per heavy atom. The maximum absolute atomic E-state index is 5.58. The molecule has 0 unspecified atom stereocenters. The molecule has 1 aromatic carbocycles. The maximum Gasteiger partial charge on any atom is 0.139 e. The van der Waals surface area contributed by atoms with Crippen LogP contribution in [-0.2, 0) is 0 Å². The van der Waals surface area contributed by atoms with Gasteiger partial charge in [-0.1, -0.05) is 31.9 Å². The number of anilines is 1. The van der Waals surface area contributed by atoms with Crippen molar-refractivity contribution in [3.8, 4) is 16.9 Å². The molecule has 0 amide bonds. The fourth-order valence-corrected chi connectivity index (χ4v) is 4.25. The highest BCUT2D eigenvalue weighted by Crippen LogP contribution is 2.41. The molecule has 0 saturated heterocycles. The van der Waals surface area contributed by atoms with Gasteiger partial charge in [0.2, 0.25) is 0 Å². The van der Waals surface area contributed by atoms with Crippen LogP contribution in [0, 0.1) is 13.8 Å². The van der Waals surface area contributed by atoms with Gasteiger partial charge < -0.3 is 10.1 Å². The highest BCUT2D eigenvalue weighted by molar-refractivity contribution is 7.19. The molecule has 26 heavy (non-hydrogen) atoms. The number of nitrogens with zero attached hydrogens (tertiary/aromatic N) is 2. The van der Waals surface area contributed by atoms with Crippen molar-refractivity contribution in [2.24, 2.45) is 0 Å². The molecule has 5 heteroatoms. The van der Waals surface area contributed by atoms with Crippen LogP contribution in [0.1, 0.15) is 43.8 Å². The minimum absolute atomic E-state index is 0.679. The number of aryl methyl sites for hydroxylation is 2. The van der Waals surface area contributed by atoms with Crippen LogP contribution in [0.5, 0.6) is 5.75 Å². The fraction of sp³-hybridized carbons (Fsp3) is 0.429. The van der Waals surface area contributed by atoms with E-state index in [0.29, 0.717) is 6.61 Å². The van der Waals surface area contributed by atoms with Crippen LogP contribution in [0.4, 0.5) is 5.82 Å². The first-order chi connectivity index (χ1) is 12.6. The summed E-state index contributed by atoms with van der Waals surface area (Å²) in [5.74, 6) is 2.67. The lowest BCUT2D eigenvalue weighted by atomic mass is 10.0. The van der Waals surface area contributed by atoms with E-state index in [9.17, 15) is 0 Å². The number of ether oxygens (including phenoxy) is 1. The van der Waals surface area contributed by atoms with E-state index < -0.39 is 0 Å². The van der Waals surface area contributed by atoms with Gasteiger partial charge in [0, 0.05) is 17.0 Å². The number of unbranched alkanes of at least 4 members (excludes halogenated alkanes) is 2. The van der Waals surface area contributed by atoms with E-state index in [2.05, 4.69) is 36.3 Å². The standard InChI is InChI=1S/C21H27N3OS/c1-5-7-8-13-22-20-19-18(14(3)26-21(19)24-15(4)23-20)16-9-11-17(12-10-16)25-6-2/h9-12H,5-8,13H2,1-4H3,(H,22,23,24). The second kappa shape index (κ2) is 8.49. The third kappa shape index (κ3) is 3.98. The summed E-state index contributed by atoms with van der Waals surface area (Å²) in [6.07, 6.45) is 3.60. The number of nitrogens with one attached hydrogen (secondary N) is 1. The molecule has 2 heterocycles. The number of thiophene rings is 1. The molecule has 0 radical (unpaired) electrons. The largest absolute Gasteiger partial charge is 0.494 e. The monoisotopic (exact) mass is 369 g/mol. The number of hydrogen-bond acceptors (Lipinski definition) is 5. The first-order valence-corrected chi connectivity index (χ1v) is 10.2. The third-order valence-corrected chi connectivity index (χ3v) is 5.37. The molecule has 3 aromatic rings. The molecule has 1 N–H and O–H groups in total. The number of aromatic nitrogens is 2. The molecule has 0 saturated carbocycles. The molecule has 3 rings (SSSR count). The quantitative estimate of drug-likeness (QED) is 0.496. The van der Waals surface area contributed by atoms with Crippen molar-refractivity contribution < 1.29 is 4.74 Å². The molecular formula is C21H27N3OS. The van der Waals surface area contributed by atoms with Gasteiger partial charge in [-0.05, 0) is 44.9 Å². The molecule has 0 atom stereocenters. The predicted molar refractivity (Wildman–Crippen MR) is 112 cm³/mol. The summed E-state index contributed by atoms with van der Waals surface area (Å²) in [6, 6.07) is 8.32. The summed E-state index contributed by atoms with van der Waals surface area (Å²) < 4.78 is 5.58. The number of hydrogen-bond donors (Lipinski definition) is 1. The van der Waals surface area contributed by atoms with Gasteiger partial charge in [0.05, 0.1) is 12.0 Å². The molecule has 0 aliphatic carbocycles. The summed E-state index contributed by atoms with van der Waals surface area (Å²) in [6.45, 7) is 9.96. The van der Waals surface area contributed by atoms with Gasteiger partial charge in [0.25, 0.3) is 0 Å². The van der Waals surface area contributed by atoms with Crippen LogP contribution in [0.3, 0.4) is 0 Å². The summed E-state index contributed by atoms with van der Waals surface area (Å²) >= 11 is 1.74. The Labute approximate surface area is 159 Å². The summed E-state index contributed by atoms with van der Waals surface area (Å²) in [4.78, 5) is 11.7. The van der Waals surface area contributed by atoms with Crippen molar-refractivity contribution in [1.82, 2.24) is 9.97 Å². The van der Waals surface area contributed by atoms with Gasteiger partial charge in [0.15, 0.2) is 0 Å². The van der Waals surface area contributed by atoms with Gasteiger partial charge >= 0.3 is 0 Å². The van der Waals surface area contributed by atoms with Crippen LogP contribution >= 0.6 is 11.3 Å². The van der Waals surface area contributed by atoms with Crippen LogP contribution in [0.2, 0.25) is 0 Å². The first-order valence-electron chi connectivity index (χ1n) is 9.38. The van der Waals surface area contributed by atoms with Crippen molar-refractivity contribution in [2.45, 2.75) is 47.0 Å². The molecule has 0 aliphatic heterocycles. The second-order valence-corrected chi connectivity index (χ2v) is 7.63. The van der Waals surface area contributed by atoms with E-state index >= 15 is 0 Å². The molecule has 2 aromatic heterocycles. The lowest BCUT2D eigenvalue weighted by molar-refractivity contribution is 0.340. The zero-order valence-electron chi connectivity index (χ0n) is 16.1. The highest BCUT2D eigenvalue weighted by atomic mass is 32.1. The molecule has 0 bridgehead atoms. The van der Waals surface area contributed by atoms with Crippen LogP contribution in [0.15, 0.2) is 24.3 Å². The molecule has 4 nitrogen and oxygen atoms in total. The average Bonchev–Trinajstić information content (AvgIpc) is 2.95. The van der Waals surface area contributed by atoms with Gasteiger partial charge in [0.1, 0.15) is 22.2 Å². The minimum atomic E-state index is 0.679. The minimum Gasteiger partial charge on any atom is -0.494 e. The van der Waals surface area contributed by atoms with Gasteiger partial charge in [-0.25, -0.2) is 9.97 Å². The normalized spacial score (nSPS) is 11.1. The number of benzene rings is 1. The first kappa shape index (κ1) is 18.6. The lowest BCUT2D eigenvalue weighted by Gasteiger charge is -2.10. The van der Waals surface area contributed by atoms with Crippen LogP contribution < -0.4 is 10.1 Å². The summed E-state index contributed by atoms with van der Waals surface area (Å²) in [7, 11) is 0. The van der Waals surface area contributed by atoms with Crippen molar-refractivity contribution in [1.29, 1.82) is 0 Å². The zero-order valence-corrected chi connectivity index (χ0v) is 16.9. The zero-order chi connectivity index (χ0) is 18.5. The topological polar surface area (TPSA) is 47.0 Å². The summed E-state index contributed by atoms with van der Waals surface area (Å²) in [5, 5.41) is 4.69. The SMILES string of the molecule is CCCCCNc1nc(C)nc2sc(C)c(-c3ccc(OCC)cc3)c12. The van der Waals surface area contributed by atoms with E-state index in [1.807, 2.05) is 26.0 Å². The molecule has 0 spiro atoms. The smallest absolute Gasteiger partial charge is 0.139 e. The Bertz CT molecular complexity index is 871. The van der Waals surface area contributed by atoms with Crippen molar-refractivity contribution >= 4 is 27.4 Å². The maximum atomic E-state index is 5.58.